The van der Waals surface area contributed by atoms with E-state index in [1.54, 1.807) is 30.1 Å². The van der Waals surface area contributed by atoms with Crippen molar-refractivity contribution in [2.24, 2.45) is 0 Å². The lowest BCUT2D eigenvalue weighted by Gasteiger charge is -2.32. The first-order valence-corrected chi connectivity index (χ1v) is 5.99. The highest BCUT2D eigenvalue weighted by atomic mass is 16.5. The van der Waals surface area contributed by atoms with Gasteiger partial charge in [-0.25, -0.2) is 0 Å². The van der Waals surface area contributed by atoms with Gasteiger partial charge in [-0.1, -0.05) is 0 Å². The Labute approximate surface area is 111 Å². The maximum atomic E-state index is 12.3. The Morgan fingerprint density at radius 3 is 2.68 bits per heavy atom. The van der Waals surface area contributed by atoms with Gasteiger partial charge < -0.3 is 20.3 Å². The molecule has 2 rings (SSSR count). The maximum Gasteiger partial charge on any atom is 0.254 e. The Balaban J connectivity index is 2.16. The third kappa shape index (κ3) is 2.62. The fourth-order valence-corrected chi connectivity index (χ4v) is 1.98. The fourth-order valence-electron chi connectivity index (χ4n) is 1.98. The highest BCUT2D eigenvalue weighted by Gasteiger charge is 2.25. The minimum atomic E-state index is -0.184. The lowest BCUT2D eigenvalue weighted by atomic mass is 10.1. The molecular weight excluding hydrogens is 246 g/mol. The molecule has 1 aromatic rings. The molecule has 0 aliphatic carbocycles. The highest BCUT2D eigenvalue weighted by Crippen LogP contribution is 2.22. The van der Waals surface area contributed by atoms with Crippen molar-refractivity contribution in [3.8, 4) is 5.75 Å². The molecule has 0 unspecified atom stereocenters. The van der Waals surface area contributed by atoms with Crippen molar-refractivity contribution < 1.29 is 14.3 Å². The van der Waals surface area contributed by atoms with Crippen LogP contribution in [0.2, 0.25) is 0 Å². The van der Waals surface area contributed by atoms with E-state index in [9.17, 15) is 9.59 Å². The first-order valence-electron chi connectivity index (χ1n) is 5.99. The molecule has 2 N–H and O–H groups in total. The number of hydrogen-bond donors (Lipinski definition) is 1. The molecule has 0 radical (unpaired) electrons. The number of nitrogen functional groups attached to an aromatic ring is 1. The molecule has 0 atom stereocenters. The molecule has 0 bridgehead atoms. The van der Waals surface area contributed by atoms with Crippen LogP contribution < -0.4 is 10.5 Å². The van der Waals surface area contributed by atoms with E-state index in [1.807, 2.05) is 0 Å². The number of amides is 2. The number of rotatable bonds is 2. The largest absolute Gasteiger partial charge is 0.495 e. The molecule has 0 saturated carbocycles. The molecule has 1 saturated heterocycles. The summed E-state index contributed by atoms with van der Waals surface area (Å²) in [6.45, 7) is 1.20. The molecule has 6 heteroatoms. The standard InChI is InChI=1S/C13H17N3O3/c1-15-5-6-16(8-12(15)17)13(18)9-3-4-11(19-2)10(14)7-9/h3-4,7H,5-6,8,14H2,1-2H3. The van der Waals surface area contributed by atoms with E-state index in [1.165, 1.54) is 12.0 Å². The summed E-state index contributed by atoms with van der Waals surface area (Å²) in [6.07, 6.45) is 0. The first-order chi connectivity index (χ1) is 9.02. The van der Waals surface area contributed by atoms with Crippen molar-refractivity contribution >= 4 is 17.5 Å². The van der Waals surface area contributed by atoms with E-state index >= 15 is 0 Å². The number of nitrogens with zero attached hydrogens (tertiary/aromatic N) is 2. The third-order valence-electron chi connectivity index (χ3n) is 3.22. The number of ether oxygens (including phenoxy) is 1. The van der Waals surface area contributed by atoms with E-state index in [2.05, 4.69) is 0 Å². The summed E-state index contributed by atoms with van der Waals surface area (Å²) in [7, 11) is 3.25. The van der Waals surface area contributed by atoms with Gasteiger partial charge in [-0.3, -0.25) is 9.59 Å². The smallest absolute Gasteiger partial charge is 0.254 e. The SMILES string of the molecule is COc1ccc(C(=O)N2CCN(C)C(=O)C2)cc1N. The monoisotopic (exact) mass is 263 g/mol. The molecule has 0 spiro atoms. The third-order valence-corrected chi connectivity index (χ3v) is 3.22. The lowest BCUT2D eigenvalue weighted by molar-refractivity contribution is -0.133. The molecule has 2 amide bonds. The Hall–Kier alpha value is -2.24. The molecule has 102 valence electrons. The fraction of sp³-hybridized carbons (Fsp3) is 0.385. The second-order valence-corrected chi connectivity index (χ2v) is 4.50. The number of likely N-dealkylation sites (N-methyl/N-ethyl adjacent to an activating group) is 1. The molecule has 6 nitrogen and oxygen atoms in total. The van der Waals surface area contributed by atoms with Gasteiger partial charge in [-0.2, -0.15) is 0 Å². The van der Waals surface area contributed by atoms with Crippen LogP contribution in [0.25, 0.3) is 0 Å². The van der Waals surface area contributed by atoms with Gasteiger partial charge in [0.15, 0.2) is 0 Å². The van der Waals surface area contributed by atoms with E-state index in [0.29, 0.717) is 30.1 Å². The Kier molecular flexibility index (Phi) is 3.59. The van der Waals surface area contributed by atoms with E-state index in [-0.39, 0.29) is 18.4 Å². The number of anilines is 1. The van der Waals surface area contributed by atoms with Crippen LogP contribution >= 0.6 is 0 Å². The van der Waals surface area contributed by atoms with Gasteiger partial charge in [0.2, 0.25) is 5.91 Å². The predicted molar refractivity (Wildman–Crippen MR) is 70.9 cm³/mol. The highest BCUT2D eigenvalue weighted by molar-refractivity contribution is 5.98. The van der Waals surface area contributed by atoms with Crippen LogP contribution in [-0.4, -0.2) is 55.4 Å². The average molecular weight is 263 g/mol. The van der Waals surface area contributed by atoms with Crippen molar-refractivity contribution in [1.29, 1.82) is 0 Å². The summed E-state index contributed by atoms with van der Waals surface area (Å²) in [5, 5.41) is 0. The van der Waals surface area contributed by atoms with Crippen molar-refractivity contribution in [1.82, 2.24) is 9.80 Å². The van der Waals surface area contributed by atoms with E-state index < -0.39 is 0 Å². The summed E-state index contributed by atoms with van der Waals surface area (Å²) in [6, 6.07) is 4.88. The summed E-state index contributed by atoms with van der Waals surface area (Å²) >= 11 is 0. The first kappa shape index (κ1) is 13.2. The maximum absolute atomic E-state index is 12.3. The van der Waals surface area contributed by atoms with Gasteiger partial charge >= 0.3 is 0 Å². The molecule has 0 aromatic heterocycles. The summed E-state index contributed by atoms with van der Waals surface area (Å²) in [5.41, 5.74) is 6.66. The minimum Gasteiger partial charge on any atom is -0.495 e. The van der Waals surface area contributed by atoms with Gasteiger partial charge in [-0.05, 0) is 18.2 Å². The summed E-state index contributed by atoms with van der Waals surface area (Å²) in [4.78, 5) is 27.0. The van der Waals surface area contributed by atoms with Gasteiger partial charge in [0.05, 0.1) is 12.8 Å². The van der Waals surface area contributed by atoms with Crippen molar-refractivity contribution in [2.45, 2.75) is 0 Å². The number of carbonyl (C=O) groups excluding carboxylic acids is 2. The number of benzene rings is 1. The number of nitrogens with two attached hydrogens (primary N) is 1. The molecule has 1 fully saturated rings. The van der Waals surface area contributed by atoms with Crippen LogP contribution in [0, 0.1) is 0 Å². The zero-order chi connectivity index (χ0) is 14.0. The van der Waals surface area contributed by atoms with Gasteiger partial charge in [0.25, 0.3) is 5.91 Å². The lowest BCUT2D eigenvalue weighted by Crippen LogP contribution is -2.50. The molecular formula is C13H17N3O3. The van der Waals surface area contributed by atoms with Crippen LogP contribution in [0.5, 0.6) is 5.75 Å². The van der Waals surface area contributed by atoms with Gasteiger partial charge in [-0.15, -0.1) is 0 Å². The molecule has 1 aliphatic heterocycles. The minimum absolute atomic E-state index is 0.0546. The van der Waals surface area contributed by atoms with Crippen LogP contribution in [0.15, 0.2) is 18.2 Å². The van der Waals surface area contributed by atoms with Crippen LogP contribution in [-0.2, 0) is 4.79 Å². The second kappa shape index (κ2) is 5.17. The Morgan fingerprint density at radius 1 is 1.37 bits per heavy atom. The number of hydrogen-bond acceptors (Lipinski definition) is 4. The Bertz CT molecular complexity index is 516. The number of methoxy groups -OCH3 is 1. The van der Waals surface area contributed by atoms with Crippen LogP contribution in [0.1, 0.15) is 10.4 Å². The van der Waals surface area contributed by atoms with Crippen molar-refractivity contribution in [3.63, 3.8) is 0 Å². The predicted octanol–water partition coefficient (Wildman–Crippen LogP) is 0.192. The topological polar surface area (TPSA) is 75.9 Å². The average Bonchev–Trinajstić information content (AvgIpc) is 2.41. The number of carbonyl (C=O) groups is 2. The normalized spacial score (nSPS) is 15.6. The van der Waals surface area contributed by atoms with Crippen LogP contribution in [0.4, 0.5) is 5.69 Å². The van der Waals surface area contributed by atoms with E-state index in [0.717, 1.165) is 0 Å². The van der Waals surface area contributed by atoms with Crippen molar-refractivity contribution in [2.75, 3.05) is 39.5 Å². The van der Waals surface area contributed by atoms with Crippen LogP contribution in [0.3, 0.4) is 0 Å². The Morgan fingerprint density at radius 2 is 2.11 bits per heavy atom. The van der Waals surface area contributed by atoms with Gasteiger partial charge in [0.1, 0.15) is 12.3 Å². The molecule has 1 aliphatic rings. The summed E-state index contributed by atoms with van der Waals surface area (Å²) in [5.74, 6) is 0.294. The zero-order valence-electron chi connectivity index (χ0n) is 11.0. The van der Waals surface area contributed by atoms with E-state index in [4.69, 9.17) is 10.5 Å². The number of piperazine rings is 1. The molecule has 1 heterocycles. The quantitative estimate of drug-likeness (QED) is 0.773. The molecule has 19 heavy (non-hydrogen) atoms. The zero-order valence-corrected chi connectivity index (χ0v) is 11.0. The second-order valence-electron chi connectivity index (χ2n) is 4.50. The van der Waals surface area contributed by atoms with Crippen molar-refractivity contribution in [3.05, 3.63) is 23.8 Å². The van der Waals surface area contributed by atoms with Gasteiger partial charge in [0, 0.05) is 25.7 Å². The summed E-state index contributed by atoms with van der Waals surface area (Å²) < 4.78 is 5.05. The molecule has 1 aromatic carbocycles.